The third-order valence-electron chi connectivity index (χ3n) is 2.85. The molecule has 0 radical (unpaired) electrons. The molecule has 0 aliphatic heterocycles. The van der Waals surface area contributed by atoms with Crippen molar-refractivity contribution in [2.24, 2.45) is 0 Å². The molecule has 0 amide bonds. The van der Waals surface area contributed by atoms with Crippen LogP contribution in [0.4, 0.5) is 13.2 Å². The van der Waals surface area contributed by atoms with Gasteiger partial charge in [0, 0.05) is 6.42 Å². The molecule has 18 heavy (non-hydrogen) atoms. The van der Waals surface area contributed by atoms with E-state index in [1.807, 2.05) is 0 Å². The fourth-order valence-corrected chi connectivity index (χ4v) is 1.54. The molecule has 0 spiro atoms. The SMILES string of the molecule is CC(C(=O)O)c1ccc(CC(C)(F)C(F)F)cc1. The average Bonchev–Trinajstić information content (AvgIpc) is 2.28. The number of carboxylic acid groups (broad SMARTS) is 1. The van der Waals surface area contributed by atoms with Crippen molar-refractivity contribution in [3.63, 3.8) is 0 Å². The minimum atomic E-state index is -3.05. The number of carbonyl (C=O) groups is 1. The summed E-state index contributed by atoms with van der Waals surface area (Å²) >= 11 is 0. The summed E-state index contributed by atoms with van der Waals surface area (Å²) < 4.78 is 38.2. The first-order chi connectivity index (χ1) is 8.24. The van der Waals surface area contributed by atoms with Crippen LogP contribution in [-0.2, 0) is 11.2 Å². The molecule has 1 N–H and O–H groups in total. The van der Waals surface area contributed by atoms with Gasteiger partial charge in [0.1, 0.15) is 0 Å². The molecule has 2 nitrogen and oxygen atoms in total. The van der Waals surface area contributed by atoms with E-state index in [0.717, 1.165) is 6.92 Å². The van der Waals surface area contributed by atoms with Crippen molar-refractivity contribution in [3.05, 3.63) is 35.4 Å². The molecule has 2 unspecified atom stereocenters. The third-order valence-corrected chi connectivity index (χ3v) is 2.85. The molecule has 5 heteroatoms. The normalized spacial score (nSPS) is 16.3. The van der Waals surface area contributed by atoms with Gasteiger partial charge in [0.15, 0.2) is 5.67 Å². The fraction of sp³-hybridized carbons (Fsp3) is 0.462. The zero-order chi connectivity index (χ0) is 13.9. The second kappa shape index (κ2) is 5.42. The van der Waals surface area contributed by atoms with Gasteiger partial charge < -0.3 is 5.11 Å². The second-order valence-electron chi connectivity index (χ2n) is 4.56. The van der Waals surface area contributed by atoms with Gasteiger partial charge in [-0.15, -0.1) is 0 Å². The van der Waals surface area contributed by atoms with E-state index in [1.165, 1.54) is 31.2 Å². The van der Waals surface area contributed by atoms with Crippen molar-refractivity contribution in [1.82, 2.24) is 0 Å². The highest BCUT2D eigenvalue weighted by atomic mass is 19.3. The van der Waals surface area contributed by atoms with E-state index in [-0.39, 0.29) is 0 Å². The lowest BCUT2D eigenvalue weighted by molar-refractivity contribution is -0.138. The lowest BCUT2D eigenvalue weighted by Gasteiger charge is -2.19. The highest BCUT2D eigenvalue weighted by molar-refractivity contribution is 5.75. The quantitative estimate of drug-likeness (QED) is 0.880. The van der Waals surface area contributed by atoms with Crippen molar-refractivity contribution >= 4 is 5.97 Å². The first kappa shape index (κ1) is 14.5. The van der Waals surface area contributed by atoms with Gasteiger partial charge in [-0.05, 0) is 25.0 Å². The highest BCUT2D eigenvalue weighted by Gasteiger charge is 2.34. The van der Waals surface area contributed by atoms with Crippen molar-refractivity contribution in [2.45, 2.75) is 38.3 Å². The smallest absolute Gasteiger partial charge is 0.310 e. The van der Waals surface area contributed by atoms with E-state index >= 15 is 0 Å². The molecule has 1 aromatic carbocycles. The minimum Gasteiger partial charge on any atom is -0.481 e. The molecule has 0 fully saturated rings. The maximum absolute atomic E-state index is 13.4. The Balaban J connectivity index is 2.81. The number of rotatable bonds is 5. The summed E-state index contributed by atoms with van der Waals surface area (Å²) in [6.07, 6.45) is -3.44. The fourth-order valence-electron chi connectivity index (χ4n) is 1.54. The molecule has 2 atom stereocenters. The van der Waals surface area contributed by atoms with E-state index in [1.54, 1.807) is 0 Å². The largest absolute Gasteiger partial charge is 0.481 e. The van der Waals surface area contributed by atoms with Crippen LogP contribution < -0.4 is 0 Å². The number of halogens is 3. The van der Waals surface area contributed by atoms with Gasteiger partial charge in [0.05, 0.1) is 5.92 Å². The number of carboxylic acids is 1. The summed E-state index contributed by atoms with van der Waals surface area (Å²) in [4.78, 5) is 10.7. The lowest BCUT2D eigenvalue weighted by atomic mass is 9.95. The van der Waals surface area contributed by atoms with Crippen LogP contribution in [0.1, 0.15) is 30.9 Å². The van der Waals surface area contributed by atoms with E-state index in [9.17, 15) is 18.0 Å². The van der Waals surface area contributed by atoms with Gasteiger partial charge in [0.2, 0.25) is 0 Å². The Hall–Kier alpha value is -1.52. The van der Waals surface area contributed by atoms with E-state index in [0.29, 0.717) is 11.1 Å². The van der Waals surface area contributed by atoms with Crippen LogP contribution in [0.3, 0.4) is 0 Å². The van der Waals surface area contributed by atoms with Gasteiger partial charge in [0.25, 0.3) is 6.43 Å². The van der Waals surface area contributed by atoms with Crippen LogP contribution in [-0.4, -0.2) is 23.2 Å². The number of hydrogen-bond acceptors (Lipinski definition) is 1. The number of alkyl halides is 3. The number of benzene rings is 1. The average molecular weight is 260 g/mol. The highest BCUT2D eigenvalue weighted by Crippen LogP contribution is 2.26. The molecule has 0 aromatic heterocycles. The molecule has 0 aliphatic carbocycles. The van der Waals surface area contributed by atoms with Crippen LogP contribution >= 0.6 is 0 Å². The zero-order valence-corrected chi connectivity index (χ0v) is 10.2. The molecule has 100 valence electrons. The number of aliphatic carboxylic acids is 1. The summed E-state index contributed by atoms with van der Waals surface area (Å²) in [6.45, 7) is 2.38. The molecule has 1 rings (SSSR count). The standard InChI is InChI=1S/C13H15F3O2/c1-8(11(17)18)10-5-3-9(4-6-10)7-13(2,16)12(14)15/h3-6,8,12H,7H2,1-2H3,(H,17,18). The molecule has 0 heterocycles. The lowest BCUT2D eigenvalue weighted by Crippen LogP contribution is -2.30. The molecule has 0 bridgehead atoms. The summed E-state index contributed by atoms with van der Waals surface area (Å²) in [7, 11) is 0. The van der Waals surface area contributed by atoms with Crippen LogP contribution in [0.15, 0.2) is 24.3 Å². The van der Waals surface area contributed by atoms with Crippen LogP contribution in [0, 0.1) is 0 Å². The Labute approximate surface area is 103 Å². The Bertz CT molecular complexity index is 413. The van der Waals surface area contributed by atoms with Crippen LogP contribution in [0.25, 0.3) is 0 Å². The summed E-state index contributed by atoms with van der Waals surface area (Å²) in [5.41, 5.74) is -1.59. The Morgan fingerprint density at radius 1 is 1.33 bits per heavy atom. The topological polar surface area (TPSA) is 37.3 Å². The third kappa shape index (κ3) is 3.48. The maximum Gasteiger partial charge on any atom is 0.310 e. The predicted octanol–water partition coefficient (Wildman–Crippen LogP) is 3.41. The van der Waals surface area contributed by atoms with Gasteiger partial charge in [-0.3, -0.25) is 4.79 Å². The van der Waals surface area contributed by atoms with Gasteiger partial charge in [-0.1, -0.05) is 24.3 Å². The van der Waals surface area contributed by atoms with Crippen LogP contribution in [0.2, 0.25) is 0 Å². The molecular weight excluding hydrogens is 245 g/mol. The summed E-state index contributed by atoms with van der Waals surface area (Å²) in [5, 5.41) is 8.80. The van der Waals surface area contributed by atoms with Gasteiger partial charge >= 0.3 is 5.97 Å². The monoisotopic (exact) mass is 260 g/mol. The maximum atomic E-state index is 13.4. The van der Waals surface area contributed by atoms with Gasteiger partial charge in [-0.25, -0.2) is 13.2 Å². The second-order valence-corrected chi connectivity index (χ2v) is 4.56. The Morgan fingerprint density at radius 2 is 1.83 bits per heavy atom. The van der Waals surface area contributed by atoms with Crippen molar-refractivity contribution in [2.75, 3.05) is 0 Å². The predicted molar refractivity (Wildman–Crippen MR) is 61.7 cm³/mol. The zero-order valence-electron chi connectivity index (χ0n) is 10.2. The van der Waals surface area contributed by atoms with Crippen molar-refractivity contribution in [3.8, 4) is 0 Å². The number of hydrogen-bond donors (Lipinski definition) is 1. The van der Waals surface area contributed by atoms with E-state index < -0.39 is 30.4 Å². The Morgan fingerprint density at radius 3 is 2.22 bits per heavy atom. The molecule has 1 aromatic rings. The minimum absolute atomic E-state index is 0.396. The van der Waals surface area contributed by atoms with Crippen molar-refractivity contribution in [1.29, 1.82) is 0 Å². The van der Waals surface area contributed by atoms with E-state index in [2.05, 4.69) is 0 Å². The van der Waals surface area contributed by atoms with E-state index in [4.69, 9.17) is 5.11 Å². The van der Waals surface area contributed by atoms with Gasteiger partial charge in [-0.2, -0.15) is 0 Å². The van der Waals surface area contributed by atoms with Crippen molar-refractivity contribution < 1.29 is 23.1 Å². The summed E-state index contributed by atoms with van der Waals surface area (Å²) in [5.74, 6) is -1.64. The summed E-state index contributed by atoms with van der Waals surface area (Å²) in [6, 6.07) is 6.01. The van der Waals surface area contributed by atoms with Crippen LogP contribution in [0.5, 0.6) is 0 Å². The molecule has 0 aliphatic rings. The first-order valence-electron chi connectivity index (χ1n) is 5.52. The molecule has 0 saturated heterocycles. The molecule has 0 saturated carbocycles. The molecular formula is C13H15F3O2. The first-order valence-corrected chi connectivity index (χ1v) is 5.52. The Kier molecular flexibility index (Phi) is 4.38.